The molecule has 3 rings (SSSR count). The van der Waals surface area contributed by atoms with E-state index in [0.717, 1.165) is 35.7 Å². The number of hydrogen-bond acceptors (Lipinski definition) is 16. The van der Waals surface area contributed by atoms with Gasteiger partial charge in [0.2, 0.25) is 0 Å². The summed E-state index contributed by atoms with van der Waals surface area (Å²) in [7, 11) is -1.92. The minimum Gasteiger partial charge on any atom is -0.497 e. The fraction of sp³-hybridized carbons (Fsp3) is 0.600. The number of hydrogen-bond donors (Lipinski definition) is 1. The van der Waals surface area contributed by atoms with Gasteiger partial charge in [0.15, 0.2) is 18.1 Å². The highest BCUT2D eigenvalue weighted by Crippen LogP contribution is 2.50. The van der Waals surface area contributed by atoms with E-state index in [2.05, 4.69) is 10.1 Å². The summed E-state index contributed by atoms with van der Waals surface area (Å²) in [6.45, 7) is 14.8. The first-order valence-electron chi connectivity index (χ1n) is 17.2. The molecule has 0 bridgehead atoms. The predicted molar refractivity (Wildman–Crippen MR) is 202 cm³/mol. The zero-order valence-electron chi connectivity index (χ0n) is 33.3. The number of alkyl halides is 1. The molecule has 0 aliphatic carbocycles. The number of nitrogens with zero attached hydrogens (tertiary/aromatic N) is 3. The van der Waals surface area contributed by atoms with Gasteiger partial charge in [0.05, 0.1) is 26.1 Å². The molecule has 0 spiro atoms. The quantitative estimate of drug-likeness (QED) is 0.136. The average Bonchev–Trinajstić information content (AvgIpc) is 3.35. The first kappa shape index (κ1) is 46.0. The second kappa shape index (κ2) is 18.3. The zero-order valence-corrected chi connectivity index (χ0v) is 35.1. The maximum absolute atomic E-state index is 16.5. The van der Waals surface area contributed by atoms with Crippen LogP contribution in [0.5, 0.6) is 11.5 Å². The Morgan fingerprint density at radius 1 is 0.911 bits per heavy atom. The fourth-order valence-electron chi connectivity index (χ4n) is 4.68. The molecule has 1 saturated heterocycles. The van der Waals surface area contributed by atoms with Crippen LogP contribution in [0.15, 0.2) is 41.3 Å². The summed E-state index contributed by atoms with van der Waals surface area (Å²) in [6, 6.07) is 5.81. The zero-order chi connectivity index (χ0) is 42.4. The summed E-state index contributed by atoms with van der Waals surface area (Å²) >= 11 is 0.759. The van der Waals surface area contributed by atoms with Crippen molar-refractivity contribution in [3.8, 4) is 11.5 Å². The van der Waals surface area contributed by atoms with Crippen molar-refractivity contribution in [3.05, 3.63) is 47.0 Å². The van der Waals surface area contributed by atoms with Gasteiger partial charge in [-0.25, -0.2) is 28.1 Å². The molecule has 2 amide bonds. The lowest BCUT2D eigenvalue weighted by molar-refractivity contribution is -0.142. The van der Waals surface area contributed by atoms with Crippen LogP contribution in [0.4, 0.5) is 24.6 Å². The van der Waals surface area contributed by atoms with Crippen LogP contribution in [0.1, 0.15) is 74.6 Å². The Bertz CT molecular complexity index is 1800. The van der Waals surface area contributed by atoms with E-state index in [1.165, 1.54) is 38.3 Å². The molecule has 1 aromatic heterocycles. The van der Waals surface area contributed by atoms with Gasteiger partial charge in [-0.2, -0.15) is 15.0 Å². The molecule has 2 aromatic rings. The fourth-order valence-corrected chi connectivity index (χ4v) is 7.76. The van der Waals surface area contributed by atoms with Crippen molar-refractivity contribution < 1.29 is 65.6 Å². The highest BCUT2D eigenvalue weighted by atomic mass is 32.2. The van der Waals surface area contributed by atoms with Gasteiger partial charge in [0.25, 0.3) is 0 Å². The third-order valence-corrected chi connectivity index (χ3v) is 10.1. The van der Waals surface area contributed by atoms with E-state index in [9.17, 15) is 28.5 Å². The summed E-state index contributed by atoms with van der Waals surface area (Å²) in [5.74, 6) is -0.764. The lowest BCUT2D eigenvalue weighted by Crippen LogP contribution is -2.45. The summed E-state index contributed by atoms with van der Waals surface area (Å²) in [5.41, 5.74) is -4.24. The van der Waals surface area contributed by atoms with Crippen LogP contribution in [0.3, 0.4) is 0 Å². The molecule has 21 heteroatoms. The van der Waals surface area contributed by atoms with Crippen LogP contribution < -0.4 is 24.9 Å². The van der Waals surface area contributed by atoms with Gasteiger partial charge in [0.1, 0.15) is 39.7 Å². The molecule has 1 N–H and O–H groups in total. The van der Waals surface area contributed by atoms with E-state index >= 15 is 4.39 Å². The van der Waals surface area contributed by atoms with Crippen molar-refractivity contribution in [2.75, 3.05) is 25.7 Å². The topological polar surface area (TPSA) is 209 Å². The lowest BCUT2D eigenvalue weighted by atomic mass is 10.1. The molecule has 0 saturated carbocycles. The smallest absolute Gasteiger partial charge is 0.497 e. The van der Waals surface area contributed by atoms with E-state index in [1.54, 1.807) is 62.3 Å². The number of thioether (sulfide) groups is 1. The maximum atomic E-state index is 16.5. The van der Waals surface area contributed by atoms with E-state index < -0.39 is 95.9 Å². The normalized spacial score (nSPS) is 20.2. The largest absolute Gasteiger partial charge is 0.509 e. The van der Waals surface area contributed by atoms with Gasteiger partial charge in [0, 0.05) is 6.20 Å². The first-order chi connectivity index (χ1) is 25.7. The SMILES string of the molecule is COC(=O)[C@H](C)NP(=O)(OC[C@H]1S[C@@H](n2ccc(N(C(=O)OC(C)(C)C)C(=O)OC(C)(C)C)nc2=O)[C@@H](F)[C@@H]1OC(=O)OC(C)(C)C)Oc1ccc(OC)cc1. The van der Waals surface area contributed by atoms with Crippen LogP contribution >= 0.6 is 19.5 Å². The van der Waals surface area contributed by atoms with Gasteiger partial charge in [-0.15, -0.1) is 11.8 Å². The highest BCUT2D eigenvalue weighted by molar-refractivity contribution is 8.00. The molecule has 6 atom stereocenters. The number of nitrogens with one attached hydrogen (secondary N) is 1. The van der Waals surface area contributed by atoms with Gasteiger partial charge in [-0.3, -0.25) is 13.9 Å². The highest BCUT2D eigenvalue weighted by Gasteiger charge is 2.50. The van der Waals surface area contributed by atoms with Crippen LogP contribution in [-0.4, -0.2) is 95.1 Å². The van der Waals surface area contributed by atoms with Gasteiger partial charge >= 0.3 is 37.7 Å². The van der Waals surface area contributed by atoms with E-state index in [-0.39, 0.29) is 5.75 Å². The molecule has 1 aromatic carbocycles. The summed E-state index contributed by atoms with van der Waals surface area (Å²) in [6.07, 6.45) is -6.33. The monoisotopic (exact) mass is 832 g/mol. The van der Waals surface area contributed by atoms with Crippen LogP contribution in [-0.2, 0) is 37.6 Å². The summed E-state index contributed by atoms with van der Waals surface area (Å²) in [4.78, 5) is 69.2. The average molecular weight is 833 g/mol. The number of methoxy groups -OCH3 is 2. The molecule has 1 unspecified atom stereocenters. The third kappa shape index (κ3) is 13.4. The Kier molecular flexibility index (Phi) is 15.0. The Balaban J connectivity index is 2.01. The number of anilines is 1. The Morgan fingerprint density at radius 3 is 1.93 bits per heavy atom. The number of imide groups is 1. The Labute approximate surface area is 328 Å². The van der Waals surface area contributed by atoms with Crippen molar-refractivity contribution in [2.24, 2.45) is 0 Å². The summed E-state index contributed by atoms with van der Waals surface area (Å²) in [5, 5.41) is -0.154. The number of rotatable bonds is 12. The third-order valence-electron chi connectivity index (χ3n) is 6.96. The van der Waals surface area contributed by atoms with Crippen molar-refractivity contribution in [1.29, 1.82) is 0 Å². The van der Waals surface area contributed by atoms with E-state index in [4.69, 9.17) is 37.5 Å². The second-order valence-electron chi connectivity index (χ2n) is 15.3. The van der Waals surface area contributed by atoms with E-state index in [0.29, 0.717) is 10.6 Å². The summed E-state index contributed by atoms with van der Waals surface area (Å²) < 4.78 is 74.2. The minimum atomic E-state index is -4.50. The number of ether oxygens (including phenoxy) is 6. The van der Waals surface area contributed by atoms with Crippen molar-refractivity contribution in [1.82, 2.24) is 14.6 Å². The number of carbonyl (C=O) groups is 4. The Morgan fingerprint density at radius 2 is 1.45 bits per heavy atom. The molecule has 1 aliphatic heterocycles. The molecular formula is C35H50FN4O14PS. The number of benzene rings is 1. The number of carbonyl (C=O) groups excluding carboxylic acids is 4. The molecule has 312 valence electrons. The van der Waals surface area contributed by atoms with E-state index in [1.807, 2.05) is 0 Å². The number of halogens is 1. The Hall–Kier alpha value is -4.39. The molecule has 18 nitrogen and oxygen atoms in total. The van der Waals surface area contributed by atoms with Crippen LogP contribution in [0.25, 0.3) is 0 Å². The van der Waals surface area contributed by atoms with Gasteiger partial charge in [-0.1, -0.05) is 0 Å². The van der Waals surface area contributed by atoms with Crippen molar-refractivity contribution in [2.45, 2.75) is 115 Å². The number of aromatic nitrogens is 2. The van der Waals surface area contributed by atoms with Crippen LogP contribution in [0, 0.1) is 0 Å². The van der Waals surface area contributed by atoms with Gasteiger partial charge < -0.3 is 32.9 Å². The lowest BCUT2D eigenvalue weighted by Gasteiger charge is -2.28. The molecule has 1 fully saturated rings. The number of amides is 2. The van der Waals surface area contributed by atoms with Crippen molar-refractivity contribution in [3.63, 3.8) is 0 Å². The molecule has 56 heavy (non-hydrogen) atoms. The second-order valence-corrected chi connectivity index (χ2v) is 18.3. The predicted octanol–water partition coefficient (Wildman–Crippen LogP) is 6.56. The molecule has 1 aliphatic rings. The minimum absolute atomic E-state index is 0.0464. The number of esters is 1. The van der Waals surface area contributed by atoms with Crippen molar-refractivity contribution >= 4 is 49.6 Å². The first-order valence-corrected chi connectivity index (χ1v) is 19.7. The maximum Gasteiger partial charge on any atom is 0.509 e. The van der Waals surface area contributed by atoms with Crippen LogP contribution in [0.2, 0.25) is 0 Å². The van der Waals surface area contributed by atoms with Gasteiger partial charge in [-0.05, 0) is 99.6 Å². The standard InChI is InChI=1S/C35H50FN4O14PS/c1-20(28(41)48-12)38-55(46,54-22-15-13-21(47-11)14-16-22)49-19-23-26(50-32(45)53-35(8,9)10)25(36)27(56-23)39-18-17-24(37-29(39)42)40(30(43)51-33(2,3)4)31(44)52-34(5,6)7/h13-18,20,23,25-27H,19H2,1-12H3,(H,38,46)/t20-,23+,25-,26+,27+,55?/m0/s1. The molecule has 2 heterocycles. The molecular weight excluding hydrogens is 782 g/mol. The molecule has 0 radical (unpaired) electrons.